The zero-order chi connectivity index (χ0) is 11.4. The van der Waals surface area contributed by atoms with Gasteiger partial charge in [-0.1, -0.05) is 6.92 Å². The molecule has 0 aliphatic rings. The number of carboxylic acids is 2. The lowest BCUT2D eigenvalue weighted by Crippen LogP contribution is -2.10. The van der Waals surface area contributed by atoms with Crippen LogP contribution in [0, 0.1) is 0 Å². The molecular weight excluding hydrogens is 216 g/mol. The number of rotatable bonds is 4. The van der Waals surface area contributed by atoms with E-state index in [1.165, 1.54) is 17.4 Å². The standard InChI is InChI=1S/C10H10O4S/c1-2-6-3-4-7(15-6)5-8(9(11)12)10(13)14/h3-5H,2H2,1H3,(H,11,12)(H,13,14). The highest BCUT2D eigenvalue weighted by atomic mass is 32.1. The van der Waals surface area contributed by atoms with E-state index in [0.29, 0.717) is 4.88 Å². The van der Waals surface area contributed by atoms with Gasteiger partial charge in [-0.15, -0.1) is 11.3 Å². The molecule has 15 heavy (non-hydrogen) atoms. The number of thiophene rings is 1. The average molecular weight is 226 g/mol. The number of aryl methyl sites for hydroxylation is 1. The van der Waals surface area contributed by atoms with Gasteiger partial charge in [0.05, 0.1) is 0 Å². The van der Waals surface area contributed by atoms with Crippen LogP contribution in [0.25, 0.3) is 6.08 Å². The van der Waals surface area contributed by atoms with E-state index in [1.807, 2.05) is 13.0 Å². The molecule has 80 valence electrons. The van der Waals surface area contributed by atoms with Crippen LogP contribution in [0.4, 0.5) is 0 Å². The van der Waals surface area contributed by atoms with Crippen LogP contribution < -0.4 is 0 Å². The van der Waals surface area contributed by atoms with E-state index in [2.05, 4.69) is 0 Å². The fourth-order valence-corrected chi connectivity index (χ4v) is 1.92. The lowest BCUT2D eigenvalue weighted by molar-refractivity contribution is -0.139. The Bertz CT molecular complexity index is 401. The van der Waals surface area contributed by atoms with Gasteiger partial charge in [0.15, 0.2) is 0 Å². The van der Waals surface area contributed by atoms with Crippen LogP contribution in [0.5, 0.6) is 0 Å². The highest BCUT2D eigenvalue weighted by molar-refractivity contribution is 7.12. The molecule has 0 atom stereocenters. The number of carbonyl (C=O) groups is 2. The quantitative estimate of drug-likeness (QED) is 0.467. The second kappa shape index (κ2) is 4.75. The van der Waals surface area contributed by atoms with Crippen molar-refractivity contribution in [2.75, 3.05) is 0 Å². The molecule has 0 aliphatic carbocycles. The summed E-state index contributed by atoms with van der Waals surface area (Å²) in [6, 6.07) is 3.58. The van der Waals surface area contributed by atoms with E-state index in [9.17, 15) is 9.59 Å². The van der Waals surface area contributed by atoms with Crippen molar-refractivity contribution in [3.63, 3.8) is 0 Å². The Morgan fingerprint density at radius 1 is 1.33 bits per heavy atom. The number of hydrogen-bond donors (Lipinski definition) is 2. The average Bonchev–Trinajstić information content (AvgIpc) is 2.60. The van der Waals surface area contributed by atoms with Crippen LogP contribution >= 0.6 is 11.3 Å². The Morgan fingerprint density at radius 3 is 2.33 bits per heavy atom. The molecule has 1 rings (SSSR count). The number of aliphatic carboxylic acids is 2. The van der Waals surface area contributed by atoms with Gasteiger partial charge in [0.2, 0.25) is 0 Å². The molecule has 5 heteroatoms. The lowest BCUT2D eigenvalue weighted by Gasteiger charge is -1.93. The van der Waals surface area contributed by atoms with E-state index < -0.39 is 17.5 Å². The summed E-state index contributed by atoms with van der Waals surface area (Å²) in [6.45, 7) is 1.98. The molecule has 0 aromatic carbocycles. The molecule has 0 bridgehead atoms. The van der Waals surface area contributed by atoms with Crippen molar-refractivity contribution in [2.45, 2.75) is 13.3 Å². The van der Waals surface area contributed by atoms with Crippen LogP contribution in [-0.4, -0.2) is 22.2 Å². The molecule has 0 saturated carbocycles. The summed E-state index contributed by atoms with van der Waals surface area (Å²) in [4.78, 5) is 22.9. The summed E-state index contributed by atoms with van der Waals surface area (Å²) in [5.41, 5.74) is -0.612. The van der Waals surface area contributed by atoms with Gasteiger partial charge in [-0.3, -0.25) is 0 Å². The summed E-state index contributed by atoms with van der Waals surface area (Å²) in [7, 11) is 0. The largest absolute Gasteiger partial charge is 0.477 e. The molecular formula is C10H10O4S. The smallest absolute Gasteiger partial charge is 0.343 e. The topological polar surface area (TPSA) is 74.6 Å². The van der Waals surface area contributed by atoms with E-state index in [-0.39, 0.29) is 0 Å². The van der Waals surface area contributed by atoms with Gasteiger partial charge in [-0.05, 0) is 24.6 Å². The first-order valence-electron chi connectivity index (χ1n) is 4.31. The first kappa shape index (κ1) is 11.5. The van der Waals surface area contributed by atoms with Gasteiger partial charge >= 0.3 is 11.9 Å². The first-order valence-corrected chi connectivity index (χ1v) is 5.13. The molecule has 1 aromatic heterocycles. The molecule has 0 amide bonds. The highest BCUT2D eigenvalue weighted by Gasteiger charge is 2.16. The van der Waals surface area contributed by atoms with Gasteiger partial charge in [0, 0.05) is 9.75 Å². The Morgan fingerprint density at radius 2 is 1.93 bits per heavy atom. The Hall–Kier alpha value is -1.62. The third kappa shape index (κ3) is 2.92. The predicted molar refractivity (Wildman–Crippen MR) is 56.9 cm³/mol. The fourth-order valence-electron chi connectivity index (χ4n) is 1.02. The van der Waals surface area contributed by atoms with E-state index in [1.54, 1.807) is 6.07 Å². The van der Waals surface area contributed by atoms with E-state index in [4.69, 9.17) is 10.2 Å². The monoisotopic (exact) mass is 226 g/mol. The lowest BCUT2D eigenvalue weighted by atomic mass is 10.2. The Balaban J connectivity index is 3.02. The minimum Gasteiger partial charge on any atom is -0.477 e. The molecule has 1 heterocycles. The summed E-state index contributed by atoms with van der Waals surface area (Å²) in [5.74, 6) is -2.84. The minimum absolute atomic E-state index is 0.612. The molecule has 0 saturated heterocycles. The summed E-state index contributed by atoms with van der Waals surface area (Å²) >= 11 is 1.39. The zero-order valence-electron chi connectivity index (χ0n) is 8.06. The normalized spacial score (nSPS) is 9.67. The first-order chi connectivity index (χ1) is 7.04. The van der Waals surface area contributed by atoms with Crippen molar-refractivity contribution in [3.8, 4) is 0 Å². The summed E-state index contributed by atoms with van der Waals surface area (Å²) in [5, 5.41) is 17.2. The van der Waals surface area contributed by atoms with Gasteiger partial charge in [0.25, 0.3) is 0 Å². The van der Waals surface area contributed by atoms with Crippen molar-refractivity contribution in [3.05, 3.63) is 27.5 Å². The van der Waals surface area contributed by atoms with Crippen LogP contribution in [0.3, 0.4) is 0 Å². The van der Waals surface area contributed by atoms with Crippen molar-refractivity contribution in [1.82, 2.24) is 0 Å². The van der Waals surface area contributed by atoms with Crippen molar-refractivity contribution < 1.29 is 19.8 Å². The van der Waals surface area contributed by atoms with E-state index >= 15 is 0 Å². The second-order valence-corrected chi connectivity index (χ2v) is 4.03. The number of carboxylic acid groups (broad SMARTS) is 2. The third-order valence-corrected chi connectivity index (χ3v) is 2.95. The van der Waals surface area contributed by atoms with Crippen LogP contribution in [0.15, 0.2) is 17.7 Å². The molecule has 0 radical (unpaired) electrons. The predicted octanol–water partition coefficient (Wildman–Crippen LogP) is 1.86. The Labute approximate surface area is 90.5 Å². The maximum atomic E-state index is 10.6. The SMILES string of the molecule is CCc1ccc(C=C(C(=O)O)C(=O)O)s1. The Kier molecular flexibility index (Phi) is 3.62. The molecule has 0 spiro atoms. The molecule has 0 unspecified atom stereocenters. The fraction of sp³-hybridized carbons (Fsp3) is 0.200. The summed E-state index contributed by atoms with van der Waals surface area (Å²) < 4.78 is 0. The third-order valence-electron chi connectivity index (χ3n) is 1.78. The van der Waals surface area contributed by atoms with Gasteiger partial charge in [0.1, 0.15) is 5.57 Å². The second-order valence-electron chi connectivity index (χ2n) is 2.83. The van der Waals surface area contributed by atoms with Crippen molar-refractivity contribution >= 4 is 29.4 Å². The van der Waals surface area contributed by atoms with Crippen LogP contribution in [0.2, 0.25) is 0 Å². The molecule has 2 N–H and O–H groups in total. The molecule has 0 fully saturated rings. The van der Waals surface area contributed by atoms with Crippen molar-refractivity contribution in [1.29, 1.82) is 0 Å². The minimum atomic E-state index is -1.42. The van der Waals surface area contributed by atoms with Gasteiger partial charge in [-0.25, -0.2) is 9.59 Å². The molecule has 4 nitrogen and oxygen atoms in total. The van der Waals surface area contributed by atoms with Crippen LogP contribution in [0.1, 0.15) is 16.7 Å². The van der Waals surface area contributed by atoms with Gasteiger partial charge in [-0.2, -0.15) is 0 Å². The number of hydrogen-bond acceptors (Lipinski definition) is 3. The zero-order valence-corrected chi connectivity index (χ0v) is 8.87. The molecule has 1 aromatic rings. The van der Waals surface area contributed by atoms with Crippen LogP contribution in [-0.2, 0) is 16.0 Å². The molecule has 0 aliphatic heterocycles. The maximum Gasteiger partial charge on any atom is 0.343 e. The van der Waals surface area contributed by atoms with Crippen molar-refractivity contribution in [2.24, 2.45) is 0 Å². The van der Waals surface area contributed by atoms with E-state index in [0.717, 1.165) is 11.3 Å². The summed E-state index contributed by atoms with van der Waals surface area (Å²) in [6.07, 6.45) is 2.03. The maximum absolute atomic E-state index is 10.6. The highest BCUT2D eigenvalue weighted by Crippen LogP contribution is 2.19. The van der Waals surface area contributed by atoms with Gasteiger partial charge < -0.3 is 10.2 Å².